The molecule has 0 aliphatic carbocycles. The fourth-order valence-electron chi connectivity index (χ4n) is 4.21. The van der Waals surface area contributed by atoms with E-state index in [1.807, 2.05) is 18.2 Å². The summed E-state index contributed by atoms with van der Waals surface area (Å²) < 4.78 is 43.3. The maximum atomic E-state index is 13.4. The maximum Gasteiger partial charge on any atom is 0.261 e. The van der Waals surface area contributed by atoms with Gasteiger partial charge in [-0.25, -0.2) is 8.42 Å². The molecule has 1 atom stereocenters. The number of carbonyl (C=O) groups excluding carboxylic acids is 2. The second-order valence-corrected chi connectivity index (χ2v) is 11.3. The van der Waals surface area contributed by atoms with E-state index in [-0.39, 0.29) is 30.5 Å². The molecule has 0 unspecified atom stereocenters. The topological polar surface area (TPSA) is 127 Å². The zero-order chi connectivity index (χ0) is 29.2. The molecule has 1 aliphatic heterocycles. The monoisotopic (exact) mass is 582 g/mol. The predicted octanol–water partition coefficient (Wildman–Crippen LogP) is 2.22. The zero-order valence-corrected chi connectivity index (χ0v) is 23.9. The normalized spacial score (nSPS) is 14.6. The lowest BCUT2D eigenvalue weighted by Crippen LogP contribution is -2.48. The average molecular weight is 583 g/mol. The molecule has 2 heterocycles. The molecule has 41 heavy (non-hydrogen) atoms. The second kappa shape index (κ2) is 14.1. The Bertz CT molecular complexity index is 1400. The molecule has 1 saturated heterocycles. The van der Waals surface area contributed by atoms with Crippen LogP contribution in [0.5, 0.6) is 11.5 Å². The molecule has 11 nitrogen and oxygen atoms in total. The molecule has 2 amide bonds. The maximum absolute atomic E-state index is 13.4. The second-order valence-electron chi connectivity index (χ2n) is 9.36. The van der Waals surface area contributed by atoms with Crippen LogP contribution < -0.4 is 14.8 Å². The molecule has 0 spiro atoms. The fourth-order valence-corrected chi connectivity index (χ4v) is 5.62. The minimum atomic E-state index is -3.64. The third-order valence-electron chi connectivity index (χ3n) is 6.64. The smallest absolute Gasteiger partial charge is 0.261 e. The Kier molecular flexibility index (Phi) is 10.3. The lowest BCUT2D eigenvalue weighted by molar-refractivity contribution is -0.142. The van der Waals surface area contributed by atoms with Gasteiger partial charge in [0, 0.05) is 25.8 Å². The number of aromatic nitrogens is 1. The first-order chi connectivity index (χ1) is 19.8. The first kappa shape index (κ1) is 30.0. The lowest BCUT2D eigenvalue weighted by atomic mass is 10.1. The molecule has 1 aliphatic rings. The van der Waals surface area contributed by atoms with Gasteiger partial charge in [0.2, 0.25) is 15.9 Å². The molecule has 0 radical (unpaired) electrons. The molecule has 0 saturated carbocycles. The summed E-state index contributed by atoms with van der Waals surface area (Å²) in [4.78, 5) is 32.2. The van der Waals surface area contributed by atoms with Crippen LogP contribution in [0.25, 0.3) is 0 Å². The number of rotatable bonds is 12. The van der Waals surface area contributed by atoms with Gasteiger partial charge < -0.3 is 24.4 Å². The first-order valence-electron chi connectivity index (χ1n) is 13.2. The van der Waals surface area contributed by atoms with Crippen LogP contribution in [0.1, 0.15) is 18.2 Å². The van der Waals surface area contributed by atoms with E-state index in [4.69, 9.17) is 14.2 Å². The number of hydrogen-bond donors (Lipinski definition) is 1. The highest BCUT2D eigenvalue weighted by molar-refractivity contribution is 7.89. The van der Waals surface area contributed by atoms with E-state index in [0.29, 0.717) is 43.5 Å². The molecule has 1 fully saturated rings. The van der Waals surface area contributed by atoms with Crippen molar-refractivity contribution in [3.63, 3.8) is 0 Å². The first-order valence-corrected chi connectivity index (χ1v) is 14.6. The van der Waals surface area contributed by atoms with E-state index in [9.17, 15) is 18.0 Å². The van der Waals surface area contributed by atoms with Gasteiger partial charge in [-0.05, 0) is 61.0 Å². The Morgan fingerprint density at radius 1 is 1.02 bits per heavy atom. The number of methoxy groups -OCH3 is 1. The molecule has 3 aromatic rings. The standard InChI is InChI=1S/C29H34N4O7S/c1-22(29(35)31-19-24-5-3-4-14-30-24)33(20-23-6-8-25(38-2)9-7-23)28(34)21-40-26-10-12-27(13-11-26)41(36,37)32-15-17-39-18-16-32/h3-14,22H,15-21H2,1-2H3,(H,31,35)/t22-/m0/s1. The van der Waals surface area contributed by atoms with Gasteiger partial charge in [0.25, 0.3) is 5.91 Å². The van der Waals surface area contributed by atoms with E-state index in [2.05, 4.69) is 10.3 Å². The van der Waals surface area contributed by atoms with Crippen molar-refractivity contribution >= 4 is 21.8 Å². The Balaban J connectivity index is 1.42. The molecule has 1 aromatic heterocycles. The van der Waals surface area contributed by atoms with Crippen LogP contribution in [0.4, 0.5) is 0 Å². The van der Waals surface area contributed by atoms with Crippen LogP contribution >= 0.6 is 0 Å². The highest BCUT2D eigenvalue weighted by Gasteiger charge is 2.28. The Morgan fingerprint density at radius 3 is 2.34 bits per heavy atom. The fraction of sp³-hybridized carbons (Fsp3) is 0.345. The summed E-state index contributed by atoms with van der Waals surface area (Å²) in [5, 5.41) is 2.83. The van der Waals surface area contributed by atoms with Crippen molar-refractivity contribution in [2.24, 2.45) is 0 Å². The van der Waals surface area contributed by atoms with Crippen molar-refractivity contribution < 1.29 is 32.2 Å². The summed E-state index contributed by atoms with van der Waals surface area (Å²) in [7, 11) is -2.07. The number of carbonyl (C=O) groups is 2. The summed E-state index contributed by atoms with van der Waals surface area (Å²) in [6, 6.07) is 17.8. The van der Waals surface area contributed by atoms with Gasteiger partial charge in [0.05, 0.1) is 37.5 Å². The SMILES string of the molecule is COc1ccc(CN(C(=O)COc2ccc(S(=O)(=O)N3CCOCC3)cc2)[C@@H](C)C(=O)NCc2ccccn2)cc1. The van der Waals surface area contributed by atoms with Gasteiger partial charge in [0.15, 0.2) is 6.61 Å². The van der Waals surface area contributed by atoms with Crippen molar-refractivity contribution in [1.29, 1.82) is 0 Å². The number of morpholine rings is 1. The summed E-state index contributed by atoms with van der Waals surface area (Å²) in [5.41, 5.74) is 1.50. The Labute approximate surface area is 240 Å². The number of nitrogens with zero attached hydrogens (tertiary/aromatic N) is 3. The molecule has 4 rings (SSSR count). The van der Waals surface area contributed by atoms with Gasteiger partial charge in [-0.15, -0.1) is 0 Å². The summed E-state index contributed by atoms with van der Waals surface area (Å²) in [5.74, 6) is 0.257. The van der Waals surface area contributed by atoms with Crippen molar-refractivity contribution in [1.82, 2.24) is 19.5 Å². The quantitative estimate of drug-likeness (QED) is 0.345. The van der Waals surface area contributed by atoms with E-state index in [0.717, 1.165) is 5.56 Å². The lowest BCUT2D eigenvalue weighted by Gasteiger charge is -2.29. The highest BCUT2D eigenvalue weighted by atomic mass is 32.2. The number of benzene rings is 2. The van der Waals surface area contributed by atoms with Crippen molar-refractivity contribution in [2.45, 2.75) is 31.0 Å². The number of hydrogen-bond acceptors (Lipinski definition) is 8. The predicted molar refractivity (Wildman–Crippen MR) is 151 cm³/mol. The van der Waals surface area contributed by atoms with Gasteiger partial charge in [-0.1, -0.05) is 18.2 Å². The Hall–Kier alpha value is -4.00. The highest BCUT2D eigenvalue weighted by Crippen LogP contribution is 2.21. The van der Waals surface area contributed by atoms with E-state index >= 15 is 0 Å². The number of pyridine rings is 1. The third-order valence-corrected chi connectivity index (χ3v) is 8.56. The van der Waals surface area contributed by atoms with Crippen LogP contribution in [-0.2, 0) is 37.4 Å². The van der Waals surface area contributed by atoms with Crippen LogP contribution in [-0.4, -0.2) is 80.5 Å². The number of amides is 2. The molecular formula is C29H34N4O7S. The Morgan fingerprint density at radius 2 is 1.71 bits per heavy atom. The molecular weight excluding hydrogens is 548 g/mol. The van der Waals surface area contributed by atoms with Crippen LogP contribution in [0, 0.1) is 0 Å². The average Bonchev–Trinajstić information content (AvgIpc) is 3.02. The van der Waals surface area contributed by atoms with Gasteiger partial charge in [0.1, 0.15) is 17.5 Å². The van der Waals surface area contributed by atoms with Crippen LogP contribution in [0.3, 0.4) is 0 Å². The number of ether oxygens (including phenoxy) is 3. The minimum absolute atomic E-state index is 0.136. The van der Waals surface area contributed by atoms with Crippen molar-refractivity contribution in [3.05, 3.63) is 84.2 Å². The van der Waals surface area contributed by atoms with Crippen molar-refractivity contribution in [2.75, 3.05) is 40.0 Å². The van der Waals surface area contributed by atoms with Crippen molar-refractivity contribution in [3.8, 4) is 11.5 Å². The minimum Gasteiger partial charge on any atom is -0.497 e. The largest absolute Gasteiger partial charge is 0.497 e. The molecule has 2 aromatic carbocycles. The van der Waals surface area contributed by atoms with Gasteiger partial charge in [-0.2, -0.15) is 4.31 Å². The third kappa shape index (κ3) is 8.03. The summed E-state index contributed by atoms with van der Waals surface area (Å²) in [6.07, 6.45) is 1.65. The van der Waals surface area contributed by atoms with Crippen LogP contribution in [0.2, 0.25) is 0 Å². The number of nitrogens with one attached hydrogen (secondary N) is 1. The van der Waals surface area contributed by atoms with E-state index in [1.165, 1.54) is 33.5 Å². The molecule has 1 N–H and O–H groups in total. The summed E-state index contributed by atoms with van der Waals surface area (Å²) in [6.45, 7) is 3.01. The molecule has 0 bridgehead atoms. The number of sulfonamides is 1. The van der Waals surface area contributed by atoms with E-state index in [1.54, 1.807) is 44.5 Å². The van der Waals surface area contributed by atoms with Gasteiger partial charge >= 0.3 is 0 Å². The molecule has 218 valence electrons. The molecule has 12 heteroatoms. The zero-order valence-electron chi connectivity index (χ0n) is 23.1. The van der Waals surface area contributed by atoms with E-state index < -0.39 is 22.0 Å². The van der Waals surface area contributed by atoms with Gasteiger partial charge in [-0.3, -0.25) is 14.6 Å². The van der Waals surface area contributed by atoms with Crippen LogP contribution in [0.15, 0.2) is 77.8 Å². The summed E-state index contributed by atoms with van der Waals surface area (Å²) >= 11 is 0.